The Kier molecular flexibility index (Phi) is 7.28. The predicted molar refractivity (Wildman–Crippen MR) is 89.3 cm³/mol. The summed E-state index contributed by atoms with van der Waals surface area (Å²) in [6, 6.07) is 6.44. The van der Waals surface area contributed by atoms with Gasteiger partial charge in [0.15, 0.2) is 12.2 Å². The SMILES string of the molecule is Cc1cccc([C@H](C)c2c[nH]cn2)c1C.O=C(O)C(O)C(O)C(=O)O. The first-order valence-corrected chi connectivity index (χ1v) is 7.53. The van der Waals surface area contributed by atoms with Gasteiger partial charge in [-0.05, 0) is 30.5 Å². The lowest BCUT2D eigenvalue weighted by Crippen LogP contribution is -2.39. The third kappa shape index (κ3) is 5.40. The number of rotatable bonds is 5. The number of imidazole rings is 1. The Bertz CT molecular complexity index is 696. The minimum atomic E-state index is -2.27. The zero-order valence-corrected chi connectivity index (χ0v) is 14.2. The molecule has 0 aliphatic rings. The van der Waals surface area contributed by atoms with Crippen LogP contribution in [0.25, 0.3) is 0 Å². The zero-order chi connectivity index (χ0) is 19.1. The van der Waals surface area contributed by atoms with Gasteiger partial charge in [0, 0.05) is 12.1 Å². The molecule has 3 atom stereocenters. The van der Waals surface area contributed by atoms with Crippen LogP contribution in [0, 0.1) is 13.8 Å². The van der Waals surface area contributed by atoms with Gasteiger partial charge < -0.3 is 25.4 Å². The van der Waals surface area contributed by atoms with Crippen LogP contribution in [0.5, 0.6) is 0 Å². The Balaban J connectivity index is 0.000000275. The van der Waals surface area contributed by atoms with Crippen LogP contribution in [-0.4, -0.2) is 54.5 Å². The number of aliphatic hydroxyl groups excluding tert-OH is 2. The van der Waals surface area contributed by atoms with Gasteiger partial charge in [0.1, 0.15) is 0 Å². The zero-order valence-electron chi connectivity index (χ0n) is 14.2. The van der Waals surface area contributed by atoms with E-state index in [4.69, 9.17) is 20.4 Å². The lowest BCUT2D eigenvalue weighted by atomic mass is 9.92. The van der Waals surface area contributed by atoms with E-state index in [-0.39, 0.29) is 0 Å². The Hall–Kier alpha value is -2.71. The molecule has 25 heavy (non-hydrogen) atoms. The molecule has 0 radical (unpaired) electrons. The summed E-state index contributed by atoms with van der Waals surface area (Å²) in [4.78, 5) is 26.9. The molecule has 0 fully saturated rings. The van der Waals surface area contributed by atoms with Crippen LogP contribution in [0.3, 0.4) is 0 Å². The van der Waals surface area contributed by atoms with Crippen molar-refractivity contribution in [3.8, 4) is 0 Å². The highest BCUT2D eigenvalue weighted by Gasteiger charge is 2.29. The van der Waals surface area contributed by atoms with E-state index < -0.39 is 24.1 Å². The number of aromatic amines is 1. The summed E-state index contributed by atoms with van der Waals surface area (Å²) in [7, 11) is 0. The molecule has 1 aromatic heterocycles. The highest BCUT2D eigenvalue weighted by molar-refractivity contribution is 5.83. The van der Waals surface area contributed by atoms with E-state index in [0.29, 0.717) is 5.92 Å². The van der Waals surface area contributed by atoms with Gasteiger partial charge in [-0.15, -0.1) is 0 Å². The first-order valence-electron chi connectivity index (χ1n) is 7.53. The van der Waals surface area contributed by atoms with E-state index in [1.807, 2.05) is 6.20 Å². The number of aryl methyl sites for hydroxylation is 1. The monoisotopic (exact) mass is 350 g/mol. The molecular formula is C17H22N2O6. The second-order valence-electron chi connectivity index (χ2n) is 5.57. The summed E-state index contributed by atoms with van der Waals surface area (Å²) >= 11 is 0. The summed E-state index contributed by atoms with van der Waals surface area (Å²) in [5.41, 5.74) is 5.17. The lowest BCUT2D eigenvalue weighted by Gasteiger charge is -2.14. The van der Waals surface area contributed by atoms with Crippen LogP contribution in [0.4, 0.5) is 0 Å². The van der Waals surface area contributed by atoms with Gasteiger partial charge in [-0.25, -0.2) is 14.6 Å². The van der Waals surface area contributed by atoms with E-state index >= 15 is 0 Å². The summed E-state index contributed by atoms with van der Waals surface area (Å²) in [5, 5.41) is 32.5. The molecule has 1 heterocycles. The number of carboxylic acid groups (broad SMARTS) is 2. The molecule has 0 aliphatic heterocycles. The summed E-state index contributed by atoms with van der Waals surface area (Å²) < 4.78 is 0. The molecule has 8 heteroatoms. The minimum Gasteiger partial charge on any atom is -0.479 e. The number of H-pyrrole nitrogens is 1. The van der Waals surface area contributed by atoms with E-state index in [0.717, 1.165) is 5.69 Å². The first-order chi connectivity index (χ1) is 11.7. The first kappa shape index (κ1) is 20.3. The van der Waals surface area contributed by atoms with Crippen molar-refractivity contribution >= 4 is 11.9 Å². The average molecular weight is 350 g/mol. The molecule has 136 valence electrons. The summed E-state index contributed by atoms with van der Waals surface area (Å²) in [5.74, 6) is -3.18. The lowest BCUT2D eigenvalue weighted by molar-refractivity contribution is -0.165. The van der Waals surface area contributed by atoms with Crippen molar-refractivity contribution in [1.82, 2.24) is 9.97 Å². The second-order valence-corrected chi connectivity index (χ2v) is 5.57. The number of carbonyl (C=O) groups is 2. The highest BCUT2D eigenvalue weighted by atomic mass is 16.4. The molecule has 8 nitrogen and oxygen atoms in total. The van der Waals surface area contributed by atoms with Gasteiger partial charge in [-0.2, -0.15) is 0 Å². The maximum atomic E-state index is 9.77. The average Bonchev–Trinajstić information content (AvgIpc) is 3.10. The van der Waals surface area contributed by atoms with Gasteiger partial charge >= 0.3 is 11.9 Å². The predicted octanol–water partition coefficient (Wildman–Crippen LogP) is 1.06. The largest absolute Gasteiger partial charge is 0.479 e. The third-order valence-electron chi connectivity index (χ3n) is 3.88. The van der Waals surface area contributed by atoms with Crippen molar-refractivity contribution in [1.29, 1.82) is 0 Å². The fourth-order valence-corrected chi connectivity index (χ4v) is 2.18. The van der Waals surface area contributed by atoms with Crippen molar-refractivity contribution < 1.29 is 30.0 Å². The number of nitrogens with zero attached hydrogens (tertiary/aromatic N) is 1. The van der Waals surface area contributed by atoms with Crippen molar-refractivity contribution in [2.75, 3.05) is 0 Å². The van der Waals surface area contributed by atoms with Gasteiger partial charge in [0.2, 0.25) is 0 Å². The maximum Gasteiger partial charge on any atom is 0.335 e. The fraction of sp³-hybridized carbons (Fsp3) is 0.353. The van der Waals surface area contributed by atoms with E-state index in [9.17, 15) is 9.59 Å². The number of aliphatic hydroxyl groups is 2. The van der Waals surface area contributed by atoms with Gasteiger partial charge in [0.25, 0.3) is 0 Å². The third-order valence-corrected chi connectivity index (χ3v) is 3.88. The Morgan fingerprint density at radius 3 is 2.08 bits per heavy atom. The van der Waals surface area contributed by atoms with Crippen LogP contribution in [0.15, 0.2) is 30.7 Å². The molecule has 0 bridgehead atoms. The normalized spacial score (nSPS) is 14.0. The molecule has 0 saturated carbocycles. The highest BCUT2D eigenvalue weighted by Crippen LogP contribution is 2.26. The molecule has 2 rings (SSSR count). The van der Waals surface area contributed by atoms with Crippen LogP contribution in [0.2, 0.25) is 0 Å². The smallest absolute Gasteiger partial charge is 0.335 e. The molecule has 5 N–H and O–H groups in total. The molecular weight excluding hydrogens is 328 g/mol. The molecule has 0 saturated heterocycles. The standard InChI is InChI=1S/C13H16N2.C4H6O6/c1-9-5-4-6-12(10(9)2)11(3)13-7-14-8-15-13;5-1(3(7)8)2(6)4(9)10/h4-8,11H,1-3H3,(H,14,15);1-2,5-6H,(H,7,8)(H,9,10)/t11-;/m0./s1. The quantitative estimate of drug-likeness (QED) is 0.542. The van der Waals surface area contributed by atoms with Gasteiger partial charge in [-0.1, -0.05) is 25.1 Å². The summed E-state index contributed by atoms with van der Waals surface area (Å²) in [6.07, 6.45) is -0.835. The van der Waals surface area contributed by atoms with Crippen molar-refractivity contribution in [3.63, 3.8) is 0 Å². The second kappa shape index (κ2) is 8.95. The molecule has 2 unspecified atom stereocenters. The molecule has 0 aliphatic carbocycles. The van der Waals surface area contributed by atoms with Crippen molar-refractivity contribution in [2.45, 2.75) is 38.9 Å². The molecule has 0 amide bonds. The minimum absolute atomic E-state index is 0.358. The number of aromatic nitrogens is 2. The van der Waals surface area contributed by atoms with Crippen molar-refractivity contribution in [2.24, 2.45) is 0 Å². The Labute approximate surface area is 144 Å². The number of hydrogen-bond acceptors (Lipinski definition) is 5. The van der Waals surface area contributed by atoms with Crippen LogP contribution in [-0.2, 0) is 9.59 Å². The number of carboxylic acids is 2. The molecule has 1 aromatic carbocycles. The van der Waals surface area contributed by atoms with Gasteiger partial charge in [-0.3, -0.25) is 0 Å². The summed E-state index contributed by atoms with van der Waals surface area (Å²) in [6.45, 7) is 6.52. The number of aliphatic carboxylic acids is 2. The molecule has 0 spiro atoms. The number of nitrogens with one attached hydrogen (secondary N) is 1. The fourth-order valence-electron chi connectivity index (χ4n) is 2.18. The number of benzene rings is 1. The van der Waals surface area contributed by atoms with Crippen LogP contribution >= 0.6 is 0 Å². The molecule has 2 aromatic rings. The number of hydrogen-bond donors (Lipinski definition) is 5. The van der Waals surface area contributed by atoms with E-state index in [1.54, 1.807) is 6.33 Å². The Morgan fingerprint density at radius 2 is 1.64 bits per heavy atom. The van der Waals surface area contributed by atoms with Gasteiger partial charge in [0.05, 0.1) is 12.0 Å². The maximum absolute atomic E-state index is 9.77. The van der Waals surface area contributed by atoms with Crippen molar-refractivity contribution in [3.05, 3.63) is 53.1 Å². The Morgan fingerprint density at radius 1 is 1.08 bits per heavy atom. The van der Waals surface area contributed by atoms with E-state index in [2.05, 4.69) is 48.9 Å². The van der Waals surface area contributed by atoms with Crippen LogP contribution in [0.1, 0.15) is 35.2 Å². The van der Waals surface area contributed by atoms with E-state index in [1.165, 1.54) is 16.7 Å². The topological polar surface area (TPSA) is 144 Å². The van der Waals surface area contributed by atoms with Crippen LogP contribution < -0.4 is 0 Å².